The normalized spacial score (nSPS) is 22.6. The van der Waals surface area contributed by atoms with Gasteiger partial charge in [-0.2, -0.15) is 22.0 Å². The van der Waals surface area contributed by atoms with E-state index in [1.807, 2.05) is 0 Å². The van der Waals surface area contributed by atoms with Crippen LogP contribution in [0.15, 0.2) is 4.52 Å². The number of hydrogen-bond donors (Lipinski definition) is 0. The fraction of sp³-hybridized carbons (Fsp3) is 0.800. The molecule has 0 N–H and O–H groups in total. The van der Waals surface area contributed by atoms with Crippen molar-refractivity contribution in [1.29, 1.82) is 0 Å². The molecule has 1 aromatic rings. The van der Waals surface area contributed by atoms with Gasteiger partial charge in [-0.25, -0.2) is 0 Å². The van der Waals surface area contributed by atoms with Crippen LogP contribution in [0.1, 0.15) is 30.5 Å². The van der Waals surface area contributed by atoms with Crippen LogP contribution in [0.2, 0.25) is 0 Å². The van der Waals surface area contributed by atoms with Gasteiger partial charge in [0.15, 0.2) is 5.82 Å². The van der Waals surface area contributed by atoms with Crippen molar-refractivity contribution < 1.29 is 12.9 Å². The monoisotopic (exact) mass is 274 g/mol. The van der Waals surface area contributed by atoms with Crippen LogP contribution < -0.4 is 0 Å². The van der Waals surface area contributed by atoms with Gasteiger partial charge >= 0.3 is 0 Å². The van der Waals surface area contributed by atoms with Crippen LogP contribution in [0.25, 0.3) is 0 Å². The molecule has 1 fully saturated rings. The molecule has 7 nitrogen and oxygen atoms in total. The Morgan fingerprint density at radius 3 is 2.72 bits per heavy atom. The first-order valence-corrected chi connectivity index (χ1v) is 7.29. The smallest absolute Gasteiger partial charge is 0.281 e. The Balaban J connectivity index is 2.14. The van der Waals surface area contributed by atoms with Crippen LogP contribution in [0.4, 0.5) is 0 Å². The van der Waals surface area contributed by atoms with E-state index in [1.54, 1.807) is 6.92 Å². The molecule has 0 saturated carbocycles. The van der Waals surface area contributed by atoms with E-state index in [0.717, 1.165) is 12.8 Å². The minimum absolute atomic E-state index is 0.00493. The lowest BCUT2D eigenvalue weighted by atomic mass is 10.00. The van der Waals surface area contributed by atoms with Crippen LogP contribution >= 0.6 is 0 Å². The Morgan fingerprint density at radius 2 is 2.17 bits per heavy atom. The maximum absolute atomic E-state index is 12.1. The van der Waals surface area contributed by atoms with Crippen LogP contribution in [0.3, 0.4) is 0 Å². The van der Waals surface area contributed by atoms with Crippen LogP contribution in [-0.2, 0) is 10.2 Å². The third kappa shape index (κ3) is 2.55. The molecule has 102 valence electrons. The van der Waals surface area contributed by atoms with E-state index >= 15 is 0 Å². The molecular formula is C10H18N4O3S. The van der Waals surface area contributed by atoms with Crippen molar-refractivity contribution >= 4 is 10.2 Å². The molecule has 1 aliphatic rings. The maximum atomic E-state index is 12.1. The first-order valence-electron chi connectivity index (χ1n) is 5.89. The van der Waals surface area contributed by atoms with E-state index in [4.69, 9.17) is 4.52 Å². The van der Waals surface area contributed by atoms with Crippen molar-refractivity contribution in [3.63, 3.8) is 0 Å². The third-order valence-corrected chi connectivity index (χ3v) is 4.97. The van der Waals surface area contributed by atoms with Gasteiger partial charge in [0.25, 0.3) is 10.2 Å². The van der Waals surface area contributed by atoms with Crippen LogP contribution in [0, 0.1) is 6.92 Å². The van der Waals surface area contributed by atoms with E-state index in [1.165, 1.54) is 22.7 Å². The van der Waals surface area contributed by atoms with Crippen LogP contribution in [-0.4, -0.2) is 54.4 Å². The number of aromatic nitrogens is 2. The van der Waals surface area contributed by atoms with Crippen molar-refractivity contribution in [3.8, 4) is 0 Å². The number of aryl methyl sites for hydroxylation is 1. The number of hydrogen-bond acceptors (Lipinski definition) is 5. The topological polar surface area (TPSA) is 79.5 Å². The zero-order chi connectivity index (χ0) is 13.3. The summed E-state index contributed by atoms with van der Waals surface area (Å²) in [5.41, 5.74) is 0. The zero-order valence-corrected chi connectivity index (χ0v) is 11.6. The minimum Gasteiger partial charge on any atom is -0.339 e. The molecule has 0 aromatic carbocycles. The second-order valence-corrected chi connectivity index (χ2v) is 6.81. The highest BCUT2D eigenvalue weighted by Gasteiger charge is 2.33. The molecule has 0 radical (unpaired) electrons. The Kier molecular flexibility index (Phi) is 3.69. The highest BCUT2D eigenvalue weighted by atomic mass is 32.2. The Labute approximate surface area is 107 Å². The molecule has 0 amide bonds. The summed E-state index contributed by atoms with van der Waals surface area (Å²) in [7, 11) is -0.282. The third-order valence-electron chi connectivity index (χ3n) is 3.06. The van der Waals surface area contributed by atoms with Gasteiger partial charge in [-0.3, -0.25) is 0 Å². The zero-order valence-electron chi connectivity index (χ0n) is 10.8. The predicted molar refractivity (Wildman–Crippen MR) is 65.2 cm³/mol. The van der Waals surface area contributed by atoms with Crippen molar-refractivity contribution in [2.45, 2.75) is 25.7 Å². The lowest BCUT2D eigenvalue weighted by Crippen LogP contribution is -2.44. The number of rotatable bonds is 3. The highest BCUT2D eigenvalue weighted by Crippen LogP contribution is 2.27. The fourth-order valence-electron chi connectivity index (χ4n) is 2.06. The summed E-state index contributed by atoms with van der Waals surface area (Å²) in [6.45, 7) is 2.70. The number of piperidine rings is 1. The Morgan fingerprint density at radius 1 is 1.44 bits per heavy atom. The largest absolute Gasteiger partial charge is 0.339 e. The van der Waals surface area contributed by atoms with E-state index in [2.05, 4.69) is 10.1 Å². The second kappa shape index (κ2) is 4.94. The standard InChI is InChI=1S/C10H18N4O3S/c1-8-11-10(17-12-8)9-5-4-6-14(7-9)18(15,16)13(2)3/h9H,4-7H2,1-3H3/t9-/m1/s1. The molecule has 0 unspecified atom stereocenters. The van der Waals surface area contributed by atoms with Crippen LogP contribution in [0.5, 0.6) is 0 Å². The molecule has 0 spiro atoms. The molecule has 2 heterocycles. The van der Waals surface area contributed by atoms with Gasteiger partial charge in [0.1, 0.15) is 0 Å². The molecule has 1 atom stereocenters. The molecule has 1 aliphatic heterocycles. The summed E-state index contributed by atoms with van der Waals surface area (Å²) in [5, 5.41) is 3.75. The molecule has 2 rings (SSSR count). The summed E-state index contributed by atoms with van der Waals surface area (Å²) in [4.78, 5) is 4.18. The molecule has 0 aliphatic carbocycles. The van der Waals surface area contributed by atoms with Gasteiger partial charge < -0.3 is 4.52 Å². The first kappa shape index (κ1) is 13.4. The van der Waals surface area contributed by atoms with Gasteiger partial charge in [0, 0.05) is 27.2 Å². The summed E-state index contributed by atoms with van der Waals surface area (Å²) in [6, 6.07) is 0. The Hall–Kier alpha value is -0.990. The van der Waals surface area contributed by atoms with Crippen molar-refractivity contribution in [2.24, 2.45) is 0 Å². The van der Waals surface area contributed by atoms with Crippen molar-refractivity contribution in [1.82, 2.24) is 18.8 Å². The summed E-state index contributed by atoms with van der Waals surface area (Å²) in [5.74, 6) is 1.11. The van der Waals surface area contributed by atoms with E-state index in [0.29, 0.717) is 24.8 Å². The quantitative estimate of drug-likeness (QED) is 0.795. The van der Waals surface area contributed by atoms with Gasteiger partial charge in [0.05, 0.1) is 5.92 Å². The highest BCUT2D eigenvalue weighted by molar-refractivity contribution is 7.86. The molecule has 1 saturated heterocycles. The fourth-order valence-corrected chi connectivity index (χ4v) is 3.25. The second-order valence-electron chi connectivity index (χ2n) is 4.67. The molecule has 18 heavy (non-hydrogen) atoms. The van der Waals surface area contributed by atoms with Gasteiger partial charge in [-0.1, -0.05) is 5.16 Å². The van der Waals surface area contributed by atoms with E-state index < -0.39 is 10.2 Å². The van der Waals surface area contributed by atoms with E-state index in [9.17, 15) is 8.42 Å². The summed E-state index contributed by atoms with van der Waals surface area (Å²) >= 11 is 0. The van der Waals surface area contributed by atoms with Gasteiger partial charge in [-0.05, 0) is 19.8 Å². The van der Waals surface area contributed by atoms with Gasteiger partial charge in [-0.15, -0.1) is 0 Å². The first-order chi connectivity index (χ1) is 8.41. The minimum atomic E-state index is -3.36. The molecule has 8 heteroatoms. The molecule has 1 aromatic heterocycles. The average Bonchev–Trinajstić information content (AvgIpc) is 2.76. The average molecular weight is 274 g/mol. The maximum Gasteiger partial charge on any atom is 0.281 e. The number of nitrogens with zero attached hydrogens (tertiary/aromatic N) is 4. The summed E-state index contributed by atoms with van der Waals surface area (Å²) in [6.07, 6.45) is 1.68. The lowest BCUT2D eigenvalue weighted by Gasteiger charge is -2.31. The van der Waals surface area contributed by atoms with Crippen molar-refractivity contribution in [3.05, 3.63) is 11.7 Å². The Bertz CT molecular complexity index is 511. The molecule has 0 bridgehead atoms. The predicted octanol–water partition coefficient (Wildman–Crippen LogP) is 0.364. The van der Waals surface area contributed by atoms with Crippen molar-refractivity contribution in [2.75, 3.05) is 27.2 Å². The summed E-state index contributed by atoms with van der Waals surface area (Å²) < 4.78 is 31.9. The van der Waals surface area contributed by atoms with E-state index in [-0.39, 0.29) is 5.92 Å². The lowest BCUT2D eigenvalue weighted by molar-refractivity contribution is 0.257. The van der Waals surface area contributed by atoms with Gasteiger partial charge in [0.2, 0.25) is 5.89 Å². The molecular weight excluding hydrogens is 256 g/mol. The SMILES string of the molecule is Cc1noc([C@@H]2CCCN(S(=O)(=O)N(C)C)C2)n1.